The number of carbonyl (C=O) groups is 2. The minimum Gasteiger partial charge on any atom is -0.480 e. The van der Waals surface area contributed by atoms with E-state index in [0.29, 0.717) is 10.9 Å². The summed E-state index contributed by atoms with van der Waals surface area (Å²) in [5.41, 5.74) is 1.21. The molecule has 2 aromatic carbocycles. The highest BCUT2D eigenvalue weighted by atomic mass is 16.4. The molecular formula is C21H19N3O5. The van der Waals surface area contributed by atoms with Crippen LogP contribution >= 0.6 is 0 Å². The molecule has 0 saturated carbocycles. The summed E-state index contributed by atoms with van der Waals surface area (Å²) in [5, 5.41) is 9.95. The van der Waals surface area contributed by atoms with Gasteiger partial charge in [0.1, 0.15) is 6.04 Å². The Morgan fingerprint density at radius 3 is 2.48 bits per heavy atom. The fraction of sp³-hybridized carbons (Fsp3) is 0.238. The second-order valence-corrected chi connectivity index (χ2v) is 7.03. The van der Waals surface area contributed by atoms with E-state index in [-0.39, 0.29) is 31.8 Å². The molecule has 2 heterocycles. The van der Waals surface area contributed by atoms with Crippen LogP contribution in [0.1, 0.15) is 17.5 Å². The Bertz CT molecular complexity index is 1230. The second-order valence-electron chi connectivity index (χ2n) is 7.03. The third kappa shape index (κ3) is 3.44. The molecule has 8 heteroatoms. The summed E-state index contributed by atoms with van der Waals surface area (Å²) >= 11 is 0. The summed E-state index contributed by atoms with van der Waals surface area (Å²) in [7, 11) is 0. The van der Waals surface area contributed by atoms with E-state index in [0.717, 1.165) is 11.1 Å². The van der Waals surface area contributed by atoms with Crippen molar-refractivity contribution < 1.29 is 14.7 Å². The molecule has 0 bridgehead atoms. The number of rotatable bonds is 4. The lowest BCUT2D eigenvalue weighted by Crippen LogP contribution is -2.49. The van der Waals surface area contributed by atoms with Gasteiger partial charge in [-0.05, 0) is 23.3 Å². The van der Waals surface area contributed by atoms with Gasteiger partial charge in [0.05, 0.1) is 10.9 Å². The summed E-state index contributed by atoms with van der Waals surface area (Å²) in [4.78, 5) is 52.5. The fourth-order valence-electron chi connectivity index (χ4n) is 3.82. The van der Waals surface area contributed by atoms with Gasteiger partial charge in [0.25, 0.3) is 5.56 Å². The molecule has 1 aromatic heterocycles. The van der Waals surface area contributed by atoms with Gasteiger partial charge < -0.3 is 10.0 Å². The number of fused-ring (bicyclic) bond motifs is 2. The molecule has 0 radical (unpaired) electrons. The van der Waals surface area contributed by atoms with Gasteiger partial charge in [0.15, 0.2) is 0 Å². The van der Waals surface area contributed by atoms with E-state index < -0.39 is 23.3 Å². The molecule has 1 atom stereocenters. The number of nitrogens with zero attached hydrogens (tertiary/aromatic N) is 2. The topological polar surface area (TPSA) is 112 Å². The molecule has 0 unspecified atom stereocenters. The first-order valence-corrected chi connectivity index (χ1v) is 9.26. The van der Waals surface area contributed by atoms with Crippen LogP contribution in [-0.4, -0.2) is 37.5 Å². The van der Waals surface area contributed by atoms with Crippen LogP contribution in [0.2, 0.25) is 0 Å². The zero-order valence-corrected chi connectivity index (χ0v) is 15.5. The normalized spacial score (nSPS) is 15.9. The van der Waals surface area contributed by atoms with Crippen molar-refractivity contribution in [3.63, 3.8) is 0 Å². The largest absolute Gasteiger partial charge is 0.480 e. The van der Waals surface area contributed by atoms with Crippen LogP contribution in [0.3, 0.4) is 0 Å². The molecule has 1 aliphatic rings. The standard InChI is InChI=1S/C21H19N3O5/c25-18(24-12-14-6-2-1-5-13(14)11-17(24)20(27)28)9-10-23-16-8-4-3-7-15(16)19(26)22-21(23)29/h1-8,17H,9-12H2,(H,27,28)(H,22,26,29)/t17-/m1/s1. The minimum absolute atomic E-state index is 0.0411. The Kier molecular flexibility index (Phi) is 4.75. The molecule has 3 aromatic rings. The van der Waals surface area contributed by atoms with Crippen LogP contribution in [0.25, 0.3) is 10.9 Å². The molecule has 0 aliphatic carbocycles. The van der Waals surface area contributed by atoms with Crippen molar-refractivity contribution in [1.82, 2.24) is 14.5 Å². The van der Waals surface area contributed by atoms with E-state index in [1.807, 2.05) is 24.3 Å². The lowest BCUT2D eigenvalue weighted by atomic mass is 9.93. The number of amides is 1. The van der Waals surface area contributed by atoms with Gasteiger partial charge >= 0.3 is 11.7 Å². The maximum absolute atomic E-state index is 12.9. The zero-order valence-electron chi connectivity index (χ0n) is 15.5. The second kappa shape index (κ2) is 7.38. The van der Waals surface area contributed by atoms with Crippen molar-refractivity contribution in [2.24, 2.45) is 0 Å². The van der Waals surface area contributed by atoms with Gasteiger partial charge in [0, 0.05) is 25.9 Å². The number of para-hydroxylation sites is 1. The molecule has 8 nitrogen and oxygen atoms in total. The van der Waals surface area contributed by atoms with Gasteiger partial charge in [-0.2, -0.15) is 0 Å². The van der Waals surface area contributed by atoms with Gasteiger partial charge in [-0.1, -0.05) is 36.4 Å². The number of carboxylic acids is 1. The number of carboxylic acid groups (broad SMARTS) is 1. The van der Waals surface area contributed by atoms with Crippen molar-refractivity contribution in [2.45, 2.75) is 32.0 Å². The first-order valence-electron chi connectivity index (χ1n) is 9.26. The first kappa shape index (κ1) is 18.7. The number of hydrogen-bond acceptors (Lipinski definition) is 4. The van der Waals surface area contributed by atoms with Crippen LogP contribution in [0.15, 0.2) is 58.1 Å². The highest BCUT2D eigenvalue weighted by Crippen LogP contribution is 2.24. The Balaban J connectivity index is 1.60. The highest BCUT2D eigenvalue weighted by molar-refractivity contribution is 5.85. The molecule has 4 rings (SSSR count). The molecule has 2 N–H and O–H groups in total. The number of aromatic nitrogens is 2. The Morgan fingerprint density at radius 2 is 1.72 bits per heavy atom. The maximum Gasteiger partial charge on any atom is 0.328 e. The number of H-pyrrole nitrogens is 1. The molecule has 1 aliphatic heterocycles. The van der Waals surface area contributed by atoms with E-state index >= 15 is 0 Å². The summed E-state index contributed by atoms with van der Waals surface area (Å²) in [5.74, 6) is -1.41. The van der Waals surface area contributed by atoms with Crippen LogP contribution in [0.4, 0.5) is 0 Å². The average Bonchev–Trinajstić information content (AvgIpc) is 2.72. The Morgan fingerprint density at radius 1 is 1.03 bits per heavy atom. The third-order valence-corrected chi connectivity index (χ3v) is 5.31. The van der Waals surface area contributed by atoms with Crippen LogP contribution in [0, 0.1) is 0 Å². The quantitative estimate of drug-likeness (QED) is 0.690. The first-order chi connectivity index (χ1) is 14.0. The number of benzene rings is 2. The van der Waals surface area contributed by atoms with Crippen molar-refractivity contribution in [3.05, 3.63) is 80.5 Å². The Hall–Kier alpha value is -3.68. The van der Waals surface area contributed by atoms with Gasteiger partial charge in [-0.3, -0.25) is 19.1 Å². The summed E-state index contributed by atoms with van der Waals surface area (Å²) in [6.07, 6.45) is 0.195. The average molecular weight is 393 g/mol. The van der Waals surface area contributed by atoms with Gasteiger partial charge in [-0.15, -0.1) is 0 Å². The lowest BCUT2D eigenvalue weighted by Gasteiger charge is -2.34. The number of aryl methyl sites for hydroxylation is 1. The number of nitrogens with one attached hydrogen (secondary N) is 1. The molecule has 0 fully saturated rings. The Labute approximate surface area is 165 Å². The van der Waals surface area contributed by atoms with Gasteiger partial charge in [0.2, 0.25) is 5.91 Å². The number of hydrogen-bond donors (Lipinski definition) is 2. The number of carbonyl (C=O) groups excluding carboxylic acids is 1. The molecule has 29 heavy (non-hydrogen) atoms. The molecular weight excluding hydrogens is 374 g/mol. The lowest BCUT2D eigenvalue weighted by molar-refractivity contribution is -0.151. The molecule has 0 saturated heterocycles. The summed E-state index contributed by atoms with van der Waals surface area (Å²) in [6, 6.07) is 13.2. The third-order valence-electron chi connectivity index (χ3n) is 5.31. The monoisotopic (exact) mass is 393 g/mol. The van der Waals surface area contributed by atoms with Crippen molar-refractivity contribution in [2.75, 3.05) is 0 Å². The van der Waals surface area contributed by atoms with Crippen molar-refractivity contribution >= 4 is 22.8 Å². The van der Waals surface area contributed by atoms with Crippen molar-refractivity contribution in [3.8, 4) is 0 Å². The van der Waals surface area contributed by atoms with Crippen LogP contribution < -0.4 is 11.2 Å². The van der Waals surface area contributed by atoms with Crippen LogP contribution in [-0.2, 0) is 29.1 Å². The molecule has 148 valence electrons. The number of aromatic amines is 1. The predicted octanol–water partition coefficient (Wildman–Crippen LogP) is 1.12. The minimum atomic E-state index is -1.06. The highest BCUT2D eigenvalue weighted by Gasteiger charge is 2.34. The van der Waals surface area contributed by atoms with Crippen molar-refractivity contribution in [1.29, 1.82) is 0 Å². The van der Waals surface area contributed by atoms with E-state index in [1.165, 1.54) is 9.47 Å². The van der Waals surface area contributed by atoms with Crippen LogP contribution in [0.5, 0.6) is 0 Å². The number of aliphatic carboxylic acids is 1. The fourth-order valence-corrected chi connectivity index (χ4v) is 3.82. The van der Waals surface area contributed by atoms with Gasteiger partial charge in [-0.25, -0.2) is 9.59 Å². The maximum atomic E-state index is 12.9. The van der Waals surface area contributed by atoms with E-state index in [9.17, 15) is 24.3 Å². The van der Waals surface area contributed by atoms with E-state index in [4.69, 9.17) is 0 Å². The molecule has 0 spiro atoms. The SMILES string of the molecule is O=C(O)[C@H]1Cc2ccccc2CN1C(=O)CCn1c(=O)[nH]c(=O)c2ccccc21. The summed E-state index contributed by atoms with van der Waals surface area (Å²) < 4.78 is 1.34. The summed E-state index contributed by atoms with van der Waals surface area (Å²) in [6.45, 7) is 0.257. The smallest absolute Gasteiger partial charge is 0.328 e. The predicted molar refractivity (Wildman–Crippen MR) is 106 cm³/mol. The van der Waals surface area contributed by atoms with E-state index in [1.54, 1.807) is 24.3 Å². The molecule has 1 amide bonds. The van der Waals surface area contributed by atoms with E-state index in [2.05, 4.69) is 4.98 Å². The zero-order chi connectivity index (χ0) is 20.5.